The molecule has 0 aliphatic rings. The monoisotopic (exact) mass is 316 g/mol. The zero-order chi connectivity index (χ0) is 16.5. The Labute approximate surface area is 135 Å². The van der Waals surface area contributed by atoms with Crippen LogP contribution in [0.15, 0.2) is 48.5 Å². The molecule has 122 valence electrons. The predicted molar refractivity (Wildman–Crippen MR) is 88.8 cm³/mol. The molecule has 0 heterocycles. The van der Waals surface area contributed by atoms with E-state index in [4.69, 9.17) is 4.74 Å². The van der Waals surface area contributed by atoms with E-state index in [9.17, 15) is 9.18 Å². The summed E-state index contributed by atoms with van der Waals surface area (Å²) in [7, 11) is 1.66. The number of rotatable bonds is 8. The van der Waals surface area contributed by atoms with E-state index in [1.54, 1.807) is 19.2 Å². The summed E-state index contributed by atoms with van der Waals surface area (Å²) >= 11 is 0. The number of ether oxygens (including phenoxy) is 1. The van der Waals surface area contributed by atoms with E-state index in [-0.39, 0.29) is 18.1 Å². The molecule has 4 nitrogen and oxygen atoms in total. The van der Waals surface area contributed by atoms with Gasteiger partial charge in [-0.25, -0.2) is 4.39 Å². The molecule has 2 rings (SSSR count). The van der Waals surface area contributed by atoms with Crippen molar-refractivity contribution in [1.82, 2.24) is 5.32 Å². The smallest absolute Gasteiger partial charge is 0.224 e. The molecule has 2 aromatic carbocycles. The van der Waals surface area contributed by atoms with E-state index >= 15 is 0 Å². The average Bonchev–Trinajstić information content (AvgIpc) is 2.56. The van der Waals surface area contributed by atoms with Gasteiger partial charge in [0.1, 0.15) is 5.82 Å². The van der Waals surface area contributed by atoms with Gasteiger partial charge in [0.05, 0.1) is 13.0 Å². The first-order valence-electron chi connectivity index (χ1n) is 7.51. The van der Waals surface area contributed by atoms with Gasteiger partial charge in [0, 0.05) is 25.9 Å². The second-order valence-corrected chi connectivity index (χ2v) is 5.16. The summed E-state index contributed by atoms with van der Waals surface area (Å²) in [5.41, 5.74) is 2.78. The fraction of sp³-hybridized carbons (Fsp3) is 0.278. The Morgan fingerprint density at radius 1 is 1.13 bits per heavy atom. The molecule has 0 saturated heterocycles. The number of amides is 1. The van der Waals surface area contributed by atoms with Gasteiger partial charge in [-0.3, -0.25) is 4.79 Å². The summed E-state index contributed by atoms with van der Waals surface area (Å²) in [6, 6.07) is 13.8. The van der Waals surface area contributed by atoms with E-state index in [0.29, 0.717) is 19.7 Å². The average molecular weight is 316 g/mol. The van der Waals surface area contributed by atoms with Gasteiger partial charge in [-0.2, -0.15) is 0 Å². The summed E-state index contributed by atoms with van der Waals surface area (Å²) in [6.45, 7) is 1.76. The van der Waals surface area contributed by atoms with Crippen molar-refractivity contribution in [3.05, 3.63) is 65.5 Å². The summed E-state index contributed by atoms with van der Waals surface area (Å²) in [4.78, 5) is 12.0. The fourth-order valence-corrected chi connectivity index (χ4v) is 2.18. The zero-order valence-electron chi connectivity index (χ0n) is 13.1. The van der Waals surface area contributed by atoms with Gasteiger partial charge in [0.15, 0.2) is 0 Å². The van der Waals surface area contributed by atoms with Crippen LogP contribution in [0.1, 0.15) is 11.1 Å². The fourth-order valence-electron chi connectivity index (χ4n) is 2.18. The zero-order valence-corrected chi connectivity index (χ0v) is 13.1. The Morgan fingerprint density at radius 2 is 1.87 bits per heavy atom. The molecular weight excluding hydrogens is 295 g/mol. The Kier molecular flexibility index (Phi) is 6.56. The standard InChI is InChI=1S/C18H21FN2O2/c1-23-11-10-20-17-5-3-2-4-15(17)13-21-18(22)12-14-6-8-16(19)9-7-14/h2-9,20H,10-13H2,1H3,(H,21,22). The van der Waals surface area contributed by atoms with Crippen LogP contribution in [0.25, 0.3) is 0 Å². The highest BCUT2D eigenvalue weighted by molar-refractivity contribution is 5.78. The molecule has 0 saturated carbocycles. The summed E-state index contributed by atoms with van der Waals surface area (Å²) in [6.07, 6.45) is 0.236. The lowest BCUT2D eigenvalue weighted by atomic mass is 10.1. The number of para-hydroxylation sites is 1. The number of benzene rings is 2. The van der Waals surface area contributed by atoms with Crippen molar-refractivity contribution < 1.29 is 13.9 Å². The van der Waals surface area contributed by atoms with E-state index in [0.717, 1.165) is 16.8 Å². The molecule has 0 radical (unpaired) electrons. The third-order valence-corrected chi connectivity index (χ3v) is 3.39. The highest BCUT2D eigenvalue weighted by Crippen LogP contribution is 2.14. The molecule has 1 amide bonds. The first-order chi connectivity index (χ1) is 11.2. The van der Waals surface area contributed by atoms with Crippen LogP contribution in [0, 0.1) is 5.82 Å². The highest BCUT2D eigenvalue weighted by Gasteiger charge is 2.06. The van der Waals surface area contributed by atoms with Gasteiger partial charge in [-0.1, -0.05) is 30.3 Å². The minimum atomic E-state index is -0.301. The highest BCUT2D eigenvalue weighted by atomic mass is 19.1. The Hall–Kier alpha value is -2.40. The van der Waals surface area contributed by atoms with Gasteiger partial charge >= 0.3 is 0 Å². The number of nitrogens with one attached hydrogen (secondary N) is 2. The van der Waals surface area contributed by atoms with Gasteiger partial charge in [-0.15, -0.1) is 0 Å². The maximum Gasteiger partial charge on any atom is 0.224 e. The van der Waals surface area contributed by atoms with E-state index in [2.05, 4.69) is 10.6 Å². The van der Waals surface area contributed by atoms with Crippen molar-refractivity contribution in [2.45, 2.75) is 13.0 Å². The SMILES string of the molecule is COCCNc1ccccc1CNC(=O)Cc1ccc(F)cc1. The van der Waals surface area contributed by atoms with Crippen LogP contribution in [0.2, 0.25) is 0 Å². The van der Waals surface area contributed by atoms with Crippen LogP contribution in [-0.2, 0) is 22.5 Å². The molecule has 0 aromatic heterocycles. The number of hydrogen-bond acceptors (Lipinski definition) is 3. The molecule has 0 unspecified atom stereocenters. The molecule has 0 fully saturated rings. The number of methoxy groups -OCH3 is 1. The summed E-state index contributed by atoms with van der Waals surface area (Å²) in [5.74, 6) is -0.395. The van der Waals surface area contributed by atoms with Crippen molar-refractivity contribution in [3.8, 4) is 0 Å². The summed E-state index contributed by atoms with van der Waals surface area (Å²) < 4.78 is 17.9. The molecule has 0 spiro atoms. The van der Waals surface area contributed by atoms with Gasteiger partial charge in [0.25, 0.3) is 0 Å². The van der Waals surface area contributed by atoms with Gasteiger partial charge < -0.3 is 15.4 Å². The van der Waals surface area contributed by atoms with Crippen molar-refractivity contribution in [3.63, 3.8) is 0 Å². The van der Waals surface area contributed by atoms with Crippen LogP contribution < -0.4 is 10.6 Å². The maximum atomic E-state index is 12.8. The van der Waals surface area contributed by atoms with Gasteiger partial charge in [0.2, 0.25) is 5.91 Å². The van der Waals surface area contributed by atoms with Crippen LogP contribution >= 0.6 is 0 Å². The largest absolute Gasteiger partial charge is 0.383 e. The first-order valence-corrected chi connectivity index (χ1v) is 7.51. The molecule has 0 atom stereocenters. The van der Waals surface area contributed by atoms with Crippen molar-refractivity contribution in [2.75, 3.05) is 25.6 Å². The topological polar surface area (TPSA) is 50.4 Å². The second kappa shape index (κ2) is 8.90. The lowest BCUT2D eigenvalue weighted by Gasteiger charge is -2.12. The normalized spacial score (nSPS) is 10.3. The van der Waals surface area contributed by atoms with E-state index < -0.39 is 0 Å². The number of hydrogen-bond donors (Lipinski definition) is 2. The van der Waals surface area contributed by atoms with E-state index in [1.807, 2.05) is 24.3 Å². The molecule has 0 bridgehead atoms. The lowest BCUT2D eigenvalue weighted by Crippen LogP contribution is -2.25. The van der Waals surface area contributed by atoms with Crippen LogP contribution in [0.3, 0.4) is 0 Å². The van der Waals surface area contributed by atoms with E-state index in [1.165, 1.54) is 12.1 Å². The van der Waals surface area contributed by atoms with Crippen molar-refractivity contribution >= 4 is 11.6 Å². The molecule has 0 aliphatic carbocycles. The van der Waals surface area contributed by atoms with Crippen molar-refractivity contribution in [1.29, 1.82) is 0 Å². The third-order valence-electron chi connectivity index (χ3n) is 3.39. The Balaban J connectivity index is 1.87. The van der Waals surface area contributed by atoms with Crippen LogP contribution in [0.5, 0.6) is 0 Å². The number of carbonyl (C=O) groups excluding carboxylic acids is 1. The molecule has 23 heavy (non-hydrogen) atoms. The number of halogens is 1. The number of anilines is 1. The molecular formula is C18H21FN2O2. The minimum absolute atomic E-state index is 0.0942. The summed E-state index contributed by atoms with van der Waals surface area (Å²) in [5, 5.41) is 6.16. The van der Waals surface area contributed by atoms with Crippen molar-refractivity contribution in [2.24, 2.45) is 0 Å². The Morgan fingerprint density at radius 3 is 2.61 bits per heavy atom. The quantitative estimate of drug-likeness (QED) is 0.736. The van der Waals surface area contributed by atoms with Crippen LogP contribution in [0.4, 0.5) is 10.1 Å². The molecule has 0 aliphatic heterocycles. The maximum absolute atomic E-state index is 12.8. The Bertz CT molecular complexity index is 629. The second-order valence-electron chi connectivity index (χ2n) is 5.16. The molecule has 5 heteroatoms. The minimum Gasteiger partial charge on any atom is -0.383 e. The van der Waals surface area contributed by atoms with Gasteiger partial charge in [-0.05, 0) is 29.3 Å². The molecule has 2 N–H and O–H groups in total. The van der Waals surface area contributed by atoms with Crippen LogP contribution in [-0.4, -0.2) is 26.2 Å². The third kappa shape index (κ3) is 5.71. The lowest BCUT2D eigenvalue weighted by molar-refractivity contribution is -0.120. The predicted octanol–water partition coefficient (Wildman–Crippen LogP) is 2.74. The first kappa shape index (κ1) is 17.0. The molecule has 2 aromatic rings. The number of carbonyl (C=O) groups is 1.